The van der Waals surface area contributed by atoms with Gasteiger partial charge in [-0.2, -0.15) is 5.10 Å². The second-order valence-electron chi connectivity index (χ2n) is 5.84. The van der Waals surface area contributed by atoms with Crippen LogP contribution in [0.1, 0.15) is 52.1 Å². The number of aromatic nitrogens is 2. The zero-order valence-corrected chi connectivity index (χ0v) is 12.7. The van der Waals surface area contributed by atoms with Crippen LogP contribution in [-0.4, -0.2) is 29.5 Å². The van der Waals surface area contributed by atoms with Crippen LogP contribution in [0, 0.1) is 0 Å². The van der Waals surface area contributed by atoms with Crippen LogP contribution in [-0.2, 0) is 12.0 Å². The Balaban J connectivity index is 2.27. The summed E-state index contributed by atoms with van der Waals surface area (Å²) in [5, 5.41) is 8.09. The topological polar surface area (TPSA) is 39.1 Å². The second-order valence-corrected chi connectivity index (χ2v) is 5.84. The predicted molar refractivity (Wildman–Crippen MR) is 77.7 cm³/mol. The SMILES string of the molecule is CCCn1ncc(OC)c1C1(C)CCC(NCC)C1. The van der Waals surface area contributed by atoms with E-state index in [1.54, 1.807) is 7.11 Å². The molecule has 2 unspecified atom stereocenters. The molecule has 1 aromatic heterocycles. The van der Waals surface area contributed by atoms with E-state index in [0.29, 0.717) is 6.04 Å². The Kier molecular flexibility index (Phi) is 4.50. The van der Waals surface area contributed by atoms with Gasteiger partial charge in [-0.15, -0.1) is 0 Å². The highest BCUT2D eigenvalue weighted by molar-refractivity contribution is 5.34. The lowest BCUT2D eigenvalue weighted by Gasteiger charge is -2.26. The van der Waals surface area contributed by atoms with E-state index >= 15 is 0 Å². The van der Waals surface area contributed by atoms with Crippen LogP contribution in [0.4, 0.5) is 0 Å². The average molecular weight is 265 g/mol. The van der Waals surface area contributed by atoms with Gasteiger partial charge in [0.1, 0.15) is 0 Å². The van der Waals surface area contributed by atoms with Crippen molar-refractivity contribution in [3.05, 3.63) is 11.9 Å². The Labute approximate surface area is 116 Å². The molecule has 1 aromatic rings. The Morgan fingerprint density at radius 2 is 2.32 bits per heavy atom. The molecule has 19 heavy (non-hydrogen) atoms. The van der Waals surface area contributed by atoms with Gasteiger partial charge in [0.15, 0.2) is 5.75 Å². The van der Waals surface area contributed by atoms with E-state index in [2.05, 4.69) is 35.9 Å². The standard InChI is InChI=1S/C15H27N3O/c1-5-9-18-14(13(19-4)11-17-18)15(3)8-7-12(10-15)16-6-2/h11-12,16H,5-10H2,1-4H3. The molecule has 0 saturated heterocycles. The van der Waals surface area contributed by atoms with Gasteiger partial charge in [0.25, 0.3) is 0 Å². The third-order valence-electron chi connectivity index (χ3n) is 4.27. The molecule has 0 aliphatic heterocycles. The minimum absolute atomic E-state index is 0.184. The molecule has 0 amide bonds. The maximum Gasteiger partial charge on any atom is 0.160 e. The van der Waals surface area contributed by atoms with E-state index in [4.69, 9.17) is 4.74 Å². The summed E-state index contributed by atoms with van der Waals surface area (Å²) in [6.45, 7) is 8.75. The van der Waals surface area contributed by atoms with Gasteiger partial charge in [0.2, 0.25) is 0 Å². The number of rotatable bonds is 6. The van der Waals surface area contributed by atoms with E-state index in [1.165, 1.54) is 25.0 Å². The molecule has 4 heteroatoms. The number of aryl methyl sites for hydroxylation is 1. The molecule has 0 spiro atoms. The lowest BCUT2D eigenvalue weighted by Crippen LogP contribution is -2.30. The molecule has 1 aliphatic carbocycles. The molecule has 108 valence electrons. The van der Waals surface area contributed by atoms with Gasteiger partial charge in [-0.25, -0.2) is 0 Å². The van der Waals surface area contributed by atoms with Gasteiger partial charge < -0.3 is 10.1 Å². The molecule has 2 rings (SSSR count). The first-order chi connectivity index (χ1) is 9.14. The summed E-state index contributed by atoms with van der Waals surface area (Å²) >= 11 is 0. The summed E-state index contributed by atoms with van der Waals surface area (Å²) in [6, 6.07) is 0.629. The van der Waals surface area contributed by atoms with E-state index in [-0.39, 0.29) is 5.41 Å². The minimum atomic E-state index is 0.184. The summed E-state index contributed by atoms with van der Waals surface area (Å²) in [7, 11) is 1.75. The second kappa shape index (κ2) is 5.95. The van der Waals surface area contributed by atoms with Crippen LogP contribution in [0.3, 0.4) is 0 Å². The first kappa shape index (κ1) is 14.4. The number of nitrogens with zero attached hydrogens (tertiary/aromatic N) is 2. The van der Waals surface area contributed by atoms with E-state index in [1.807, 2.05) is 6.20 Å². The smallest absolute Gasteiger partial charge is 0.160 e. The maximum absolute atomic E-state index is 5.54. The number of methoxy groups -OCH3 is 1. The number of hydrogen-bond donors (Lipinski definition) is 1. The van der Waals surface area contributed by atoms with E-state index in [0.717, 1.165) is 25.3 Å². The quantitative estimate of drug-likeness (QED) is 0.859. The minimum Gasteiger partial charge on any atom is -0.493 e. The van der Waals surface area contributed by atoms with Crippen molar-refractivity contribution >= 4 is 0 Å². The monoisotopic (exact) mass is 265 g/mol. The Morgan fingerprint density at radius 1 is 1.53 bits per heavy atom. The highest BCUT2D eigenvalue weighted by atomic mass is 16.5. The van der Waals surface area contributed by atoms with Crippen molar-refractivity contribution in [2.45, 2.75) is 64.5 Å². The first-order valence-corrected chi connectivity index (χ1v) is 7.48. The van der Waals surface area contributed by atoms with Gasteiger partial charge in [0.05, 0.1) is 19.0 Å². The van der Waals surface area contributed by atoms with Crippen molar-refractivity contribution in [2.24, 2.45) is 0 Å². The molecule has 1 heterocycles. The predicted octanol–water partition coefficient (Wildman–Crippen LogP) is 2.72. The third-order valence-corrected chi connectivity index (χ3v) is 4.27. The average Bonchev–Trinajstić information content (AvgIpc) is 2.95. The summed E-state index contributed by atoms with van der Waals surface area (Å²) in [5.41, 5.74) is 1.47. The van der Waals surface area contributed by atoms with Crippen molar-refractivity contribution in [3.63, 3.8) is 0 Å². The van der Waals surface area contributed by atoms with Crippen LogP contribution >= 0.6 is 0 Å². The van der Waals surface area contributed by atoms with E-state index in [9.17, 15) is 0 Å². The van der Waals surface area contributed by atoms with Gasteiger partial charge in [0, 0.05) is 18.0 Å². The number of hydrogen-bond acceptors (Lipinski definition) is 3. The lowest BCUT2D eigenvalue weighted by atomic mass is 9.84. The molecular formula is C15H27N3O. The number of nitrogens with one attached hydrogen (secondary N) is 1. The summed E-state index contributed by atoms with van der Waals surface area (Å²) in [5.74, 6) is 0.952. The van der Waals surface area contributed by atoms with Crippen LogP contribution in [0.25, 0.3) is 0 Å². The normalized spacial score (nSPS) is 26.8. The fourth-order valence-electron chi connectivity index (χ4n) is 3.43. The summed E-state index contributed by atoms with van der Waals surface area (Å²) < 4.78 is 7.69. The number of ether oxygens (including phenoxy) is 1. The molecule has 1 saturated carbocycles. The van der Waals surface area contributed by atoms with Crippen LogP contribution in [0.2, 0.25) is 0 Å². The molecular weight excluding hydrogens is 238 g/mol. The van der Waals surface area contributed by atoms with Crippen LogP contribution < -0.4 is 10.1 Å². The van der Waals surface area contributed by atoms with E-state index < -0.39 is 0 Å². The largest absolute Gasteiger partial charge is 0.493 e. The van der Waals surface area contributed by atoms with Crippen LogP contribution in [0.5, 0.6) is 5.75 Å². The molecule has 0 aromatic carbocycles. The zero-order chi connectivity index (χ0) is 13.9. The van der Waals surface area contributed by atoms with Crippen molar-refractivity contribution in [2.75, 3.05) is 13.7 Å². The summed E-state index contributed by atoms with van der Waals surface area (Å²) in [6.07, 6.45) is 6.59. The molecule has 0 radical (unpaired) electrons. The van der Waals surface area contributed by atoms with Crippen LogP contribution in [0.15, 0.2) is 6.20 Å². The third kappa shape index (κ3) is 2.78. The van der Waals surface area contributed by atoms with Gasteiger partial charge in [-0.3, -0.25) is 4.68 Å². The van der Waals surface area contributed by atoms with Crippen molar-refractivity contribution in [1.82, 2.24) is 15.1 Å². The van der Waals surface area contributed by atoms with Crippen molar-refractivity contribution in [3.8, 4) is 5.75 Å². The maximum atomic E-state index is 5.54. The lowest BCUT2D eigenvalue weighted by molar-refractivity contribution is 0.363. The highest BCUT2D eigenvalue weighted by Crippen LogP contribution is 2.44. The molecule has 1 aliphatic rings. The molecule has 0 bridgehead atoms. The molecule has 4 nitrogen and oxygen atoms in total. The highest BCUT2D eigenvalue weighted by Gasteiger charge is 2.40. The first-order valence-electron chi connectivity index (χ1n) is 7.48. The van der Waals surface area contributed by atoms with Gasteiger partial charge in [-0.1, -0.05) is 20.8 Å². The fourth-order valence-corrected chi connectivity index (χ4v) is 3.43. The molecule has 1 fully saturated rings. The molecule has 1 N–H and O–H groups in total. The van der Waals surface area contributed by atoms with Gasteiger partial charge in [-0.05, 0) is 32.2 Å². The van der Waals surface area contributed by atoms with Crippen molar-refractivity contribution < 1.29 is 4.74 Å². The van der Waals surface area contributed by atoms with Gasteiger partial charge >= 0.3 is 0 Å². The van der Waals surface area contributed by atoms with Crippen molar-refractivity contribution in [1.29, 1.82) is 0 Å². The Bertz CT molecular complexity index is 416. The zero-order valence-electron chi connectivity index (χ0n) is 12.7. The molecule has 2 atom stereocenters. The fraction of sp³-hybridized carbons (Fsp3) is 0.800. The Morgan fingerprint density at radius 3 is 2.95 bits per heavy atom. The summed E-state index contributed by atoms with van der Waals surface area (Å²) in [4.78, 5) is 0. The Hall–Kier alpha value is -1.03.